The van der Waals surface area contributed by atoms with Gasteiger partial charge in [-0.3, -0.25) is 4.79 Å². The summed E-state index contributed by atoms with van der Waals surface area (Å²) >= 11 is 5.91. The largest absolute Gasteiger partial charge is 0.369 e. The van der Waals surface area contributed by atoms with E-state index >= 15 is 0 Å². The smallest absolute Gasteiger partial charge is 0.227 e. The summed E-state index contributed by atoms with van der Waals surface area (Å²) in [5.41, 5.74) is 3.17. The zero-order valence-corrected chi connectivity index (χ0v) is 16.2. The zero-order chi connectivity index (χ0) is 18.5. The minimum absolute atomic E-state index is 0.0345. The van der Waals surface area contributed by atoms with E-state index in [9.17, 15) is 4.79 Å². The Labute approximate surface area is 160 Å². The predicted octanol–water partition coefficient (Wildman–Crippen LogP) is 3.91. The van der Waals surface area contributed by atoms with Crippen molar-refractivity contribution in [2.45, 2.75) is 13.3 Å². The monoisotopic (exact) mass is 371 g/mol. The fourth-order valence-corrected chi connectivity index (χ4v) is 3.28. The summed E-state index contributed by atoms with van der Waals surface area (Å²) < 4.78 is 0. The van der Waals surface area contributed by atoms with Gasteiger partial charge in [0.15, 0.2) is 0 Å². The van der Waals surface area contributed by atoms with Gasteiger partial charge in [0.25, 0.3) is 0 Å². The van der Waals surface area contributed by atoms with Crippen LogP contribution in [-0.4, -0.2) is 44.0 Å². The van der Waals surface area contributed by atoms with E-state index in [1.54, 1.807) is 0 Å². The third-order valence-corrected chi connectivity index (χ3v) is 5.16. The number of likely N-dealkylation sites (N-methyl/N-ethyl adjacent to an activating group) is 1. The summed E-state index contributed by atoms with van der Waals surface area (Å²) in [5.74, 6) is -0.0687. The fourth-order valence-electron chi connectivity index (χ4n) is 3.15. The van der Waals surface area contributed by atoms with Crippen molar-refractivity contribution >= 4 is 28.9 Å². The molecule has 3 rings (SSSR count). The zero-order valence-electron chi connectivity index (χ0n) is 15.4. The Kier molecular flexibility index (Phi) is 6.17. The first-order valence-corrected chi connectivity index (χ1v) is 9.48. The van der Waals surface area contributed by atoms with Crippen LogP contribution in [0.1, 0.15) is 12.5 Å². The number of piperazine rings is 1. The number of carbonyl (C=O) groups excluding carboxylic acids is 1. The Morgan fingerprint density at radius 2 is 1.65 bits per heavy atom. The van der Waals surface area contributed by atoms with Gasteiger partial charge in [-0.1, -0.05) is 30.7 Å². The highest BCUT2D eigenvalue weighted by Gasteiger charge is 2.16. The first-order valence-electron chi connectivity index (χ1n) is 9.10. The molecule has 1 N–H and O–H groups in total. The van der Waals surface area contributed by atoms with Crippen LogP contribution in [0.4, 0.5) is 11.4 Å². The Morgan fingerprint density at radius 3 is 2.27 bits per heavy atom. The number of anilines is 2. The van der Waals surface area contributed by atoms with Crippen molar-refractivity contribution in [1.29, 1.82) is 0 Å². The number of halogens is 1. The van der Waals surface area contributed by atoms with E-state index in [-0.39, 0.29) is 11.8 Å². The summed E-state index contributed by atoms with van der Waals surface area (Å²) in [6, 6.07) is 15.8. The molecule has 1 unspecified atom stereocenters. The third-order valence-electron chi connectivity index (χ3n) is 4.91. The number of nitrogens with one attached hydrogen (secondary N) is 1. The maximum Gasteiger partial charge on any atom is 0.227 e. The lowest BCUT2D eigenvalue weighted by molar-refractivity contribution is -0.119. The molecule has 0 aromatic heterocycles. The van der Waals surface area contributed by atoms with Crippen LogP contribution in [0.3, 0.4) is 0 Å². The molecule has 1 heterocycles. The van der Waals surface area contributed by atoms with Gasteiger partial charge in [0, 0.05) is 48.5 Å². The quantitative estimate of drug-likeness (QED) is 0.865. The molecule has 1 amide bonds. The number of hydrogen-bond acceptors (Lipinski definition) is 3. The lowest BCUT2D eigenvalue weighted by Gasteiger charge is -2.34. The SMILES string of the molecule is CC(Cc1ccc(Cl)cc1)C(=O)Nc1ccc(N2CCN(C)CC2)cc1. The topological polar surface area (TPSA) is 35.6 Å². The average molecular weight is 372 g/mol. The molecule has 2 aromatic carbocycles. The molecule has 0 radical (unpaired) electrons. The number of benzene rings is 2. The molecular weight excluding hydrogens is 346 g/mol. The highest BCUT2D eigenvalue weighted by atomic mass is 35.5. The second-order valence-electron chi connectivity index (χ2n) is 7.06. The second kappa shape index (κ2) is 8.56. The van der Waals surface area contributed by atoms with Crippen molar-refractivity contribution in [3.05, 3.63) is 59.1 Å². The Balaban J connectivity index is 1.54. The van der Waals surface area contributed by atoms with Crippen LogP contribution < -0.4 is 10.2 Å². The second-order valence-corrected chi connectivity index (χ2v) is 7.49. The van der Waals surface area contributed by atoms with Crippen molar-refractivity contribution in [2.24, 2.45) is 5.92 Å². The highest BCUT2D eigenvalue weighted by Crippen LogP contribution is 2.20. The summed E-state index contributed by atoms with van der Waals surface area (Å²) in [7, 11) is 2.15. The molecule has 5 heteroatoms. The fraction of sp³-hybridized carbons (Fsp3) is 0.381. The summed E-state index contributed by atoms with van der Waals surface area (Å²) in [6.07, 6.45) is 0.697. The molecule has 2 aromatic rings. The normalized spacial score (nSPS) is 16.3. The molecule has 4 nitrogen and oxygen atoms in total. The Hall–Kier alpha value is -2.04. The minimum atomic E-state index is -0.103. The van der Waals surface area contributed by atoms with Crippen molar-refractivity contribution < 1.29 is 4.79 Å². The van der Waals surface area contributed by atoms with Gasteiger partial charge < -0.3 is 15.1 Å². The van der Waals surface area contributed by atoms with Crippen LogP contribution in [0.2, 0.25) is 5.02 Å². The van der Waals surface area contributed by atoms with E-state index in [1.165, 1.54) is 5.69 Å². The van der Waals surface area contributed by atoms with E-state index in [2.05, 4.69) is 34.3 Å². The molecular formula is C21H26ClN3O. The van der Waals surface area contributed by atoms with Gasteiger partial charge in [-0.25, -0.2) is 0 Å². The standard InChI is InChI=1S/C21H26ClN3O/c1-16(15-17-3-5-18(22)6-4-17)21(26)23-19-7-9-20(10-8-19)25-13-11-24(2)12-14-25/h3-10,16H,11-15H2,1-2H3,(H,23,26). The molecule has 138 valence electrons. The van der Waals surface area contributed by atoms with Gasteiger partial charge in [0.1, 0.15) is 0 Å². The lowest BCUT2D eigenvalue weighted by atomic mass is 10.0. The van der Waals surface area contributed by atoms with Crippen molar-refractivity contribution in [3.8, 4) is 0 Å². The third kappa shape index (κ3) is 4.99. The first-order chi connectivity index (χ1) is 12.5. The van der Waals surface area contributed by atoms with Gasteiger partial charge in [-0.15, -0.1) is 0 Å². The maximum absolute atomic E-state index is 12.5. The van der Waals surface area contributed by atoms with E-state index in [4.69, 9.17) is 11.6 Å². The highest BCUT2D eigenvalue weighted by molar-refractivity contribution is 6.30. The van der Waals surface area contributed by atoms with Crippen molar-refractivity contribution in [2.75, 3.05) is 43.4 Å². The number of amides is 1. The van der Waals surface area contributed by atoms with Gasteiger partial charge >= 0.3 is 0 Å². The van der Waals surface area contributed by atoms with Crippen LogP contribution in [-0.2, 0) is 11.2 Å². The molecule has 1 saturated heterocycles. The van der Waals surface area contributed by atoms with Crippen LogP contribution >= 0.6 is 11.6 Å². The molecule has 1 fully saturated rings. The van der Waals surface area contributed by atoms with Gasteiger partial charge in [0.05, 0.1) is 0 Å². The summed E-state index contributed by atoms with van der Waals surface area (Å²) in [5, 5.41) is 3.73. The molecule has 26 heavy (non-hydrogen) atoms. The molecule has 0 bridgehead atoms. The van der Waals surface area contributed by atoms with Gasteiger partial charge in [-0.2, -0.15) is 0 Å². The number of hydrogen-bond donors (Lipinski definition) is 1. The molecule has 0 saturated carbocycles. The number of carbonyl (C=O) groups is 1. The van der Waals surface area contributed by atoms with E-state index in [0.717, 1.165) is 37.4 Å². The Morgan fingerprint density at radius 1 is 1.04 bits per heavy atom. The van der Waals surface area contributed by atoms with Crippen molar-refractivity contribution in [1.82, 2.24) is 4.90 Å². The Bertz CT molecular complexity index is 722. The maximum atomic E-state index is 12.5. The molecule has 1 atom stereocenters. The van der Waals surface area contributed by atoms with Crippen LogP contribution in [0.25, 0.3) is 0 Å². The van der Waals surface area contributed by atoms with Crippen LogP contribution in [0.5, 0.6) is 0 Å². The number of nitrogens with zero attached hydrogens (tertiary/aromatic N) is 2. The first kappa shape index (κ1) is 18.7. The average Bonchev–Trinajstić information content (AvgIpc) is 2.65. The van der Waals surface area contributed by atoms with Gasteiger partial charge in [-0.05, 0) is 55.4 Å². The lowest BCUT2D eigenvalue weighted by Crippen LogP contribution is -2.44. The van der Waals surface area contributed by atoms with Crippen LogP contribution in [0.15, 0.2) is 48.5 Å². The number of rotatable bonds is 5. The predicted molar refractivity (Wildman–Crippen MR) is 109 cm³/mol. The van der Waals surface area contributed by atoms with Gasteiger partial charge in [0.2, 0.25) is 5.91 Å². The molecule has 1 aliphatic rings. The van der Waals surface area contributed by atoms with Crippen LogP contribution in [0, 0.1) is 5.92 Å². The molecule has 0 spiro atoms. The van der Waals surface area contributed by atoms with Crippen molar-refractivity contribution in [3.63, 3.8) is 0 Å². The van der Waals surface area contributed by atoms with E-state index in [1.807, 2.05) is 43.3 Å². The summed E-state index contributed by atoms with van der Waals surface area (Å²) in [4.78, 5) is 17.2. The molecule has 1 aliphatic heterocycles. The van der Waals surface area contributed by atoms with E-state index < -0.39 is 0 Å². The van der Waals surface area contributed by atoms with E-state index in [0.29, 0.717) is 11.4 Å². The minimum Gasteiger partial charge on any atom is -0.369 e. The summed E-state index contributed by atoms with van der Waals surface area (Å²) in [6.45, 7) is 6.20. The molecule has 0 aliphatic carbocycles.